The van der Waals surface area contributed by atoms with Crippen LogP contribution in [0.1, 0.15) is 38.2 Å². The molecule has 3 N–H and O–H groups in total. The Bertz CT molecular complexity index is 477. The summed E-state index contributed by atoms with van der Waals surface area (Å²) in [5.74, 6) is -0.260. The topological polar surface area (TPSA) is 66.6 Å². The van der Waals surface area contributed by atoms with E-state index in [1.807, 2.05) is 25.2 Å². The first kappa shape index (κ1) is 16.0. The minimum absolute atomic E-state index is 0.337. The molecule has 0 aromatic heterocycles. The largest absolute Gasteiger partial charge is 0.480 e. The Hall–Kier alpha value is -1.39. The molecule has 0 radical (unpaired) electrons. The fourth-order valence-corrected chi connectivity index (χ4v) is 3.34. The fourth-order valence-electron chi connectivity index (χ4n) is 3.34. The van der Waals surface area contributed by atoms with Gasteiger partial charge < -0.3 is 15.7 Å². The lowest BCUT2D eigenvalue weighted by Crippen LogP contribution is -2.55. The zero-order valence-corrected chi connectivity index (χ0v) is 13.0. The van der Waals surface area contributed by atoms with Crippen molar-refractivity contribution in [3.63, 3.8) is 0 Å². The predicted molar refractivity (Wildman–Crippen MR) is 84.0 cm³/mol. The zero-order chi connectivity index (χ0) is 15.5. The highest BCUT2D eigenvalue weighted by molar-refractivity contribution is 5.80. The Morgan fingerprint density at radius 2 is 2.05 bits per heavy atom. The molecule has 1 saturated carbocycles. The molecule has 3 atom stereocenters. The summed E-state index contributed by atoms with van der Waals surface area (Å²) in [5.41, 5.74) is 5.57. The summed E-state index contributed by atoms with van der Waals surface area (Å²) in [6.07, 6.45) is 4.74. The zero-order valence-electron chi connectivity index (χ0n) is 13.0. The molecule has 116 valence electrons. The third kappa shape index (κ3) is 3.63. The second kappa shape index (κ2) is 6.58. The maximum atomic E-state index is 11.8. The van der Waals surface area contributed by atoms with Gasteiger partial charge in [-0.25, -0.2) is 4.79 Å². The van der Waals surface area contributed by atoms with Crippen molar-refractivity contribution < 1.29 is 9.90 Å². The number of hydrogen-bond acceptors (Lipinski definition) is 3. The number of nitrogens with zero attached hydrogens (tertiary/aromatic N) is 1. The van der Waals surface area contributed by atoms with Gasteiger partial charge in [-0.3, -0.25) is 0 Å². The number of rotatable bonds is 5. The lowest BCUT2D eigenvalue weighted by Gasteiger charge is -2.38. The van der Waals surface area contributed by atoms with Crippen LogP contribution in [0.4, 0.5) is 0 Å². The Morgan fingerprint density at radius 3 is 2.62 bits per heavy atom. The van der Waals surface area contributed by atoms with Gasteiger partial charge in [-0.2, -0.15) is 0 Å². The van der Waals surface area contributed by atoms with Gasteiger partial charge in [0, 0.05) is 12.6 Å². The number of carboxylic acids is 1. The first-order chi connectivity index (χ1) is 9.93. The summed E-state index contributed by atoms with van der Waals surface area (Å²) < 4.78 is 0. The number of hydrogen-bond donors (Lipinski definition) is 2. The Labute approximate surface area is 126 Å². The molecule has 2 rings (SSSR count). The SMILES string of the molecule is CC1CCCC(N(C)CC(N)(C(=O)O)c2ccccc2)C1. The fraction of sp³-hybridized carbons (Fsp3) is 0.588. The third-order valence-corrected chi connectivity index (χ3v) is 4.70. The van der Waals surface area contributed by atoms with Gasteiger partial charge in [-0.05, 0) is 31.4 Å². The van der Waals surface area contributed by atoms with Crippen LogP contribution in [0.25, 0.3) is 0 Å². The lowest BCUT2D eigenvalue weighted by atomic mass is 9.84. The minimum atomic E-state index is -1.35. The van der Waals surface area contributed by atoms with Crippen LogP contribution in [-0.2, 0) is 10.3 Å². The van der Waals surface area contributed by atoms with Crippen molar-refractivity contribution in [3.05, 3.63) is 35.9 Å². The summed E-state index contributed by atoms with van der Waals surface area (Å²) in [6.45, 7) is 2.60. The second-order valence-electron chi connectivity index (χ2n) is 6.48. The smallest absolute Gasteiger partial charge is 0.329 e. The molecule has 21 heavy (non-hydrogen) atoms. The first-order valence-electron chi connectivity index (χ1n) is 7.71. The van der Waals surface area contributed by atoms with E-state index in [4.69, 9.17) is 5.73 Å². The molecule has 1 aliphatic carbocycles. The van der Waals surface area contributed by atoms with E-state index in [0.717, 1.165) is 12.8 Å². The molecule has 0 bridgehead atoms. The van der Waals surface area contributed by atoms with Crippen LogP contribution < -0.4 is 5.73 Å². The van der Waals surface area contributed by atoms with Gasteiger partial charge in [-0.15, -0.1) is 0 Å². The number of aliphatic carboxylic acids is 1. The van der Waals surface area contributed by atoms with Crippen molar-refractivity contribution >= 4 is 5.97 Å². The normalized spacial score (nSPS) is 25.5. The third-order valence-electron chi connectivity index (χ3n) is 4.70. The van der Waals surface area contributed by atoms with Crippen molar-refractivity contribution in [3.8, 4) is 0 Å². The maximum Gasteiger partial charge on any atom is 0.329 e. The Balaban J connectivity index is 2.14. The number of carbonyl (C=O) groups is 1. The molecule has 1 aromatic rings. The molecule has 0 heterocycles. The summed E-state index contributed by atoms with van der Waals surface area (Å²) in [6, 6.07) is 9.57. The van der Waals surface area contributed by atoms with E-state index in [2.05, 4.69) is 11.8 Å². The van der Waals surface area contributed by atoms with Crippen molar-refractivity contribution in [1.82, 2.24) is 4.90 Å². The summed E-state index contributed by atoms with van der Waals surface area (Å²) in [5, 5.41) is 9.63. The second-order valence-corrected chi connectivity index (χ2v) is 6.48. The molecule has 3 unspecified atom stereocenters. The van der Waals surface area contributed by atoms with Crippen molar-refractivity contribution in [2.24, 2.45) is 11.7 Å². The molecule has 1 aliphatic rings. The van der Waals surface area contributed by atoms with Crippen molar-refractivity contribution in [2.45, 2.75) is 44.2 Å². The van der Waals surface area contributed by atoms with Crippen LogP contribution >= 0.6 is 0 Å². The predicted octanol–water partition coefficient (Wildman–Crippen LogP) is 2.44. The number of likely N-dealkylation sites (N-methyl/N-ethyl adjacent to an activating group) is 1. The average Bonchev–Trinajstić information content (AvgIpc) is 2.47. The number of carboxylic acid groups (broad SMARTS) is 1. The highest BCUT2D eigenvalue weighted by Crippen LogP contribution is 2.29. The van der Waals surface area contributed by atoms with E-state index in [-0.39, 0.29) is 0 Å². The van der Waals surface area contributed by atoms with E-state index in [1.165, 1.54) is 12.8 Å². The molecule has 0 aliphatic heterocycles. The van der Waals surface area contributed by atoms with E-state index >= 15 is 0 Å². The van der Waals surface area contributed by atoms with Gasteiger partial charge in [0.1, 0.15) is 0 Å². The van der Waals surface area contributed by atoms with Gasteiger partial charge in [0.25, 0.3) is 0 Å². The quantitative estimate of drug-likeness (QED) is 0.874. The lowest BCUT2D eigenvalue weighted by molar-refractivity contribution is -0.144. The van der Waals surface area contributed by atoms with E-state index in [1.54, 1.807) is 12.1 Å². The van der Waals surface area contributed by atoms with Crippen LogP contribution in [0.5, 0.6) is 0 Å². The highest BCUT2D eigenvalue weighted by Gasteiger charge is 2.38. The van der Waals surface area contributed by atoms with Crippen molar-refractivity contribution in [1.29, 1.82) is 0 Å². The average molecular weight is 290 g/mol. The monoisotopic (exact) mass is 290 g/mol. The molecule has 4 nitrogen and oxygen atoms in total. The Morgan fingerprint density at radius 1 is 1.38 bits per heavy atom. The van der Waals surface area contributed by atoms with Crippen molar-refractivity contribution in [2.75, 3.05) is 13.6 Å². The van der Waals surface area contributed by atoms with Gasteiger partial charge in [0.05, 0.1) is 0 Å². The molecular weight excluding hydrogens is 264 g/mol. The molecule has 0 amide bonds. The molecule has 1 fully saturated rings. The standard InChI is InChI=1S/C17H26N2O2/c1-13-7-6-10-15(11-13)19(2)12-17(18,16(20)21)14-8-4-3-5-9-14/h3-5,8-9,13,15H,6-7,10-12,18H2,1-2H3,(H,20,21). The van der Waals surface area contributed by atoms with Gasteiger partial charge >= 0.3 is 5.97 Å². The van der Waals surface area contributed by atoms with Gasteiger partial charge in [0.2, 0.25) is 0 Å². The number of benzene rings is 1. The van der Waals surface area contributed by atoms with Gasteiger partial charge in [0.15, 0.2) is 5.54 Å². The van der Waals surface area contributed by atoms with Crippen LogP contribution in [0.3, 0.4) is 0 Å². The van der Waals surface area contributed by atoms with Crippen LogP contribution in [0.2, 0.25) is 0 Å². The summed E-state index contributed by atoms with van der Waals surface area (Å²) in [4.78, 5) is 13.9. The highest BCUT2D eigenvalue weighted by atomic mass is 16.4. The number of nitrogens with two attached hydrogens (primary N) is 1. The molecule has 0 spiro atoms. The van der Waals surface area contributed by atoms with Crippen LogP contribution in [-0.4, -0.2) is 35.6 Å². The van der Waals surface area contributed by atoms with E-state index < -0.39 is 11.5 Å². The molecule has 0 saturated heterocycles. The Kier molecular flexibility index (Phi) is 5.01. The summed E-state index contributed by atoms with van der Waals surface area (Å²) >= 11 is 0. The van der Waals surface area contributed by atoms with Gasteiger partial charge in [-0.1, -0.05) is 50.1 Å². The maximum absolute atomic E-state index is 11.8. The van der Waals surface area contributed by atoms with E-state index in [9.17, 15) is 9.90 Å². The van der Waals surface area contributed by atoms with Crippen LogP contribution in [0, 0.1) is 5.92 Å². The molecule has 1 aromatic carbocycles. The first-order valence-corrected chi connectivity index (χ1v) is 7.71. The molecular formula is C17H26N2O2. The van der Waals surface area contributed by atoms with Crippen LogP contribution in [0.15, 0.2) is 30.3 Å². The minimum Gasteiger partial charge on any atom is -0.480 e. The summed E-state index contributed by atoms with van der Waals surface area (Å²) in [7, 11) is 2.00. The van der Waals surface area contributed by atoms with E-state index in [0.29, 0.717) is 24.1 Å². The molecule has 4 heteroatoms.